The van der Waals surface area contributed by atoms with E-state index in [1.54, 1.807) is 25.1 Å². The number of hydrogen-bond donors (Lipinski definition) is 2. The predicted molar refractivity (Wildman–Crippen MR) is 81.8 cm³/mol. The van der Waals surface area contributed by atoms with Crippen LogP contribution in [0.4, 0.5) is 0 Å². The first-order valence-electron chi connectivity index (χ1n) is 6.90. The van der Waals surface area contributed by atoms with Crippen molar-refractivity contribution in [2.24, 2.45) is 0 Å². The van der Waals surface area contributed by atoms with Gasteiger partial charge in [0, 0.05) is 0 Å². The highest BCUT2D eigenvalue weighted by Gasteiger charge is 2.46. The Morgan fingerprint density at radius 3 is 2.43 bits per heavy atom. The number of hydrogen-bond acceptors (Lipinski definition) is 2. The quantitative estimate of drug-likeness (QED) is 0.870. The molecule has 1 aliphatic carbocycles. The Kier molecular flexibility index (Phi) is 4.79. The summed E-state index contributed by atoms with van der Waals surface area (Å²) in [6.07, 6.45) is 2.65. The van der Waals surface area contributed by atoms with E-state index in [0.717, 1.165) is 12.0 Å². The summed E-state index contributed by atoms with van der Waals surface area (Å²) in [4.78, 5) is 23.6. The molecule has 1 atom stereocenters. The van der Waals surface area contributed by atoms with Crippen LogP contribution in [-0.2, 0) is 15.0 Å². The standard InChI is InChI=1S/C15H17Cl2NO3/c1-2-12(13(19)20)18-14(21)15(6-3-7-15)9-4-5-10(16)11(17)8-9/h4-5,8,12H,2-3,6-7H2,1H3,(H,18,21)(H,19,20). The summed E-state index contributed by atoms with van der Waals surface area (Å²) in [7, 11) is 0. The average molecular weight is 330 g/mol. The highest BCUT2D eigenvalue weighted by molar-refractivity contribution is 6.42. The van der Waals surface area contributed by atoms with Crippen LogP contribution in [0.3, 0.4) is 0 Å². The van der Waals surface area contributed by atoms with Gasteiger partial charge >= 0.3 is 5.97 Å². The maximum Gasteiger partial charge on any atom is 0.326 e. The lowest BCUT2D eigenvalue weighted by Crippen LogP contribution is -2.53. The third-order valence-electron chi connectivity index (χ3n) is 4.13. The van der Waals surface area contributed by atoms with Crippen LogP contribution < -0.4 is 5.32 Å². The van der Waals surface area contributed by atoms with Gasteiger partial charge in [0.1, 0.15) is 6.04 Å². The van der Waals surface area contributed by atoms with E-state index in [9.17, 15) is 9.59 Å². The van der Waals surface area contributed by atoms with E-state index in [-0.39, 0.29) is 5.91 Å². The van der Waals surface area contributed by atoms with Gasteiger partial charge in [-0.2, -0.15) is 0 Å². The molecule has 0 bridgehead atoms. The lowest BCUT2D eigenvalue weighted by molar-refractivity contribution is -0.143. The van der Waals surface area contributed by atoms with Gasteiger partial charge in [-0.25, -0.2) is 4.79 Å². The molecule has 1 amide bonds. The SMILES string of the molecule is CCC(NC(=O)C1(c2ccc(Cl)c(Cl)c2)CCC1)C(=O)O. The number of carboxylic acids is 1. The van der Waals surface area contributed by atoms with E-state index in [4.69, 9.17) is 28.3 Å². The summed E-state index contributed by atoms with van der Waals surface area (Å²) >= 11 is 11.9. The molecule has 0 aliphatic heterocycles. The zero-order valence-corrected chi connectivity index (χ0v) is 13.2. The van der Waals surface area contributed by atoms with Crippen LogP contribution in [0.5, 0.6) is 0 Å². The minimum absolute atomic E-state index is 0.249. The Morgan fingerprint density at radius 1 is 1.33 bits per heavy atom. The number of halogens is 2. The van der Waals surface area contributed by atoms with Crippen LogP contribution in [0.2, 0.25) is 10.0 Å². The normalized spacial score (nSPS) is 17.7. The van der Waals surface area contributed by atoms with E-state index in [1.807, 2.05) is 0 Å². The maximum absolute atomic E-state index is 12.6. The number of aliphatic carboxylic acids is 1. The Bertz CT molecular complexity index is 570. The average Bonchev–Trinajstić information content (AvgIpc) is 2.38. The molecule has 0 aromatic heterocycles. The largest absolute Gasteiger partial charge is 0.480 e. The van der Waals surface area contributed by atoms with Gasteiger partial charge in [-0.15, -0.1) is 0 Å². The second-order valence-electron chi connectivity index (χ2n) is 5.34. The molecule has 0 radical (unpaired) electrons. The molecule has 2 rings (SSSR count). The van der Waals surface area contributed by atoms with Crippen molar-refractivity contribution in [1.29, 1.82) is 0 Å². The monoisotopic (exact) mass is 329 g/mol. The van der Waals surface area contributed by atoms with Crippen molar-refractivity contribution in [3.63, 3.8) is 0 Å². The second kappa shape index (κ2) is 6.24. The van der Waals surface area contributed by atoms with E-state index in [1.165, 1.54) is 0 Å². The minimum atomic E-state index is -1.02. The highest BCUT2D eigenvalue weighted by Crippen LogP contribution is 2.45. The van der Waals surface area contributed by atoms with Crippen molar-refractivity contribution in [1.82, 2.24) is 5.32 Å². The molecule has 1 unspecified atom stereocenters. The Hall–Kier alpha value is -1.26. The van der Waals surface area contributed by atoms with Crippen molar-refractivity contribution >= 4 is 35.1 Å². The fourth-order valence-corrected chi connectivity index (χ4v) is 2.90. The summed E-state index contributed by atoms with van der Waals surface area (Å²) in [5.41, 5.74) is 0.109. The van der Waals surface area contributed by atoms with Gasteiger partial charge in [-0.05, 0) is 37.0 Å². The molecule has 0 saturated heterocycles. The third kappa shape index (κ3) is 3.01. The van der Waals surface area contributed by atoms with Gasteiger partial charge in [0.15, 0.2) is 0 Å². The van der Waals surface area contributed by atoms with Crippen LogP contribution in [-0.4, -0.2) is 23.0 Å². The Morgan fingerprint density at radius 2 is 2.00 bits per heavy atom. The van der Waals surface area contributed by atoms with Gasteiger partial charge in [0.25, 0.3) is 0 Å². The molecule has 0 heterocycles. The fraction of sp³-hybridized carbons (Fsp3) is 0.467. The van der Waals surface area contributed by atoms with Crippen molar-refractivity contribution in [3.8, 4) is 0 Å². The van der Waals surface area contributed by atoms with E-state index < -0.39 is 17.4 Å². The summed E-state index contributed by atoms with van der Waals surface area (Å²) in [6, 6.07) is 4.29. The first-order chi connectivity index (χ1) is 9.90. The van der Waals surface area contributed by atoms with Crippen molar-refractivity contribution in [2.45, 2.75) is 44.1 Å². The number of carbonyl (C=O) groups excluding carboxylic acids is 1. The molecule has 6 heteroatoms. The number of amides is 1. The van der Waals surface area contributed by atoms with E-state index in [0.29, 0.717) is 29.3 Å². The van der Waals surface area contributed by atoms with Crippen LogP contribution in [0.1, 0.15) is 38.2 Å². The first-order valence-corrected chi connectivity index (χ1v) is 7.65. The summed E-state index contributed by atoms with van der Waals surface area (Å²) in [6.45, 7) is 1.73. The molecule has 1 aromatic rings. The molecule has 2 N–H and O–H groups in total. The molecule has 1 aromatic carbocycles. The molecule has 1 saturated carbocycles. The Balaban J connectivity index is 2.26. The van der Waals surface area contributed by atoms with Crippen molar-refractivity contribution in [2.75, 3.05) is 0 Å². The molecule has 21 heavy (non-hydrogen) atoms. The first kappa shape index (κ1) is 16.1. The maximum atomic E-state index is 12.6. The second-order valence-corrected chi connectivity index (χ2v) is 6.15. The molecule has 4 nitrogen and oxygen atoms in total. The highest BCUT2D eigenvalue weighted by atomic mass is 35.5. The molecule has 1 aliphatic rings. The van der Waals surface area contributed by atoms with Gasteiger partial charge in [-0.1, -0.05) is 42.6 Å². The van der Waals surface area contributed by atoms with Crippen LogP contribution in [0.15, 0.2) is 18.2 Å². The van der Waals surface area contributed by atoms with E-state index >= 15 is 0 Å². The summed E-state index contributed by atoms with van der Waals surface area (Å²) in [5, 5.41) is 12.5. The number of nitrogens with one attached hydrogen (secondary N) is 1. The van der Waals surface area contributed by atoms with Gasteiger partial charge < -0.3 is 10.4 Å². The lowest BCUT2D eigenvalue weighted by Gasteiger charge is -2.41. The van der Waals surface area contributed by atoms with Gasteiger partial charge in [0.2, 0.25) is 5.91 Å². The molecular formula is C15H17Cl2NO3. The van der Waals surface area contributed by atoms with Gasteiger partial charge in [-0.3, -0.25) is 4.79 Å². The van der Waals surface area contributed by atoms with Gasteiger partial charge in [0.05, 0.1) is 15.5 Å². The van der Waals surface area contributed by atoms with Crippen LogP contribution in [0.25, 0.3) is 0 Å². The molecular weight excluding hydrogens is 313 g/mol. The van der Waals surface area contributed by atoms with Crippen LogP contribution >= 0.6 is 23.2 Å². The fourth-order valence-electron chi connectivity index (χ4n) is 2.61. The third-order valence-corrected chi connectivity index (χ3v) is 4.86. The van der Waals surface area contributed by atoms with Crippen molar-refractivity contribution in [3.05, 3.63) is 33.8 Å². The number of carboxylic acid groups (broad SMARTS) is 1. The summed E-state index contributed by atoms with van der Waals surface area (Å²) < 4.78 is 0. The van der Waals surface area contributed by atoms with E-state index in [2.05, 4.69) is 5.32 Å². The zero-order valence-electron chi connectivity index (χ0n) is 11.7. The predicted octanol–water partition coefficient (Wildman–Crippen LogP) is 3.39. The lowest BCUT2D eigenvalue weighted by atomic mass is 9.63. The molecule has 114 valence electrons. The summed E-state index contributed by atoms with van der Waals surface area (Å²) in [5.74, 6) is -1.27. The van der Waals surface area contributed by atoms with Crippen molar-refractivity contribution < 1.29 is 14.7 Å². The number of carbonyl (C=O) groups is 2. The zero-order chi connectivity index (χ0) is 15.6. The topological polar surface area (TPSA) is 66.4 Å². The minimum Gasteiger partial charge on any atom is -0.480 e. The number of rotatable bonds is 5. The molecule has 1 fully saturated rings. The number of benzene rings is 1. The Labute approximate surface area is 133 Å². The van der Waals surface area contributed by atoms with Crippen LogP contribution in [0, 0.1) is 0 Å². The molecule has 0 spiro atoms. The smallest absolute Gasteiger partial charge is 0.326 e.